The van der Waals surface area contributed by atoms with Gasteiger partial charge in [0.05, 0.1) is 5.69 Å². The summed E-state index contributed by atoms with van der Waals surface area (Å²) in [7, 11) is 0. The van der Waals surface area contributed by atoms with Crippen molar-refractivity contribution in [1.29, 1.82) is 0 Å². The van der Waals surface area contributed by atoms with Crippen LogP contribution in [-0.2, 0) is 6.42 Å². The maximum Gasteiger partial charge on any atom is 0.182 e. The largest absolute Gasteiger partial charge is 0.361 e. The lowest BCUT2D eigenvalue weighted by atomic mass is 10.4. The van der Waals surface area contributed by atoms with Gasteiger partial charge in [-0.1, -0.05) is 25.1 Å². The van der Waals surface area contributed by atoms with Crippen LogP contribution in [0.15, 0.2) is 40.6 Å². The highest BCUT2D eigenvalue weighted by atomic mass is 32.2. The van der Waals surface area contributed by atoms with Crippen molar-refractivity contribution in [2.75, 3.05) is 17.6 Å². The van der Waals surface area contributed by atoms with Crippen LogP contribution in [0.4, 0.5) is 5.13 Å². The molecule has 0 unspecified atom stereocenters. The van der Waals surface area contributed by atoms with Crippen molar-refractivity contribution in [3.8, 4) is 0 Å². The van der Waals surface area contributed by atoms with Crippen molar-refractivity contribution < 1.29 is 0 Å². The topological polar surface area (TPSA) is 24.9 Å². The Bertz CT molecular complexity index is 440. The van der Waals surface area contributed by atoms with Crippen LogP contribution in [0, 0.1) is 0 Å². The van der Waals surface area contributed by atoms with Crippen LogP contribution in [0.25, 0.3) is 0 Å². The minimum Gasteiger partial charge on any atom is -0.361 e. The molecule has 0 fully saturated rings. The molecule has 2 nitrogen and oxygen atoms in total. The van der Waals surface area contributed by atoms with Crippen molar-refractivity contribution in [2.24, 2.45) is 0 Å². The second kappa shape index (κ2) is 6.67. The van der Waals surface area contributed by atoms with Crippen LogP contribution in [0.1, 0.15) is 12.6 Å². The minimum atomic E-state index is 0.955. The molecule has 17 heavy (non-hydrogen) atoms. The number of nitrogens with one attached hydrogen (secondary N) is 1. The van der Waals surface area contributed by atoms with Crippen LogP contribution >= 0.6 is 23.1 Å². The Labute approximate surface area is 110 Å². The zero-order valence-electron chi connectivity index (χ0n) is 9.85. The van der Waals surface area contributed by atoms with E-state index in [0.29, 0.717) is 0 Å². The molecule has 1 N–H and O–H groups in total. The van der Waals surface area contributed by atoms with E-state index in [2.05, 4.69) is 46.9 Å². The molecule has 0 saturated heterocycles. The molecule has 0 amide bonds. The Balaban J connectivity index is 1.69. The van der Waals surface area contributed by atoms with Crippen molar-refractivity contribution in [1.82, 2.24) is 4.98 Å². The number of aryl methyl sites for hydroxylation is 1. The van der Waals surface area contributed by atoms with Gasteiger partial charge in [-0.3, -0.25) is 0 Å². The minimum absolute atomic E-state index is 0.955. The molecule has 0 bridgehead atoms. The number of hydrogen-bond acceptors (Lipinski definition) is 4. The summed E-state index contributed by atoms with van der Waals surface area (Å²) in [4.78, 5) is 5.79. The fourth-order valence-corrected chi connectivity index (χ4v) is 3.01. The summed E-state index contributed by atoms with van der Waals surface area (Å²) in [5.74, 6) is 1.06. The van der Waals surface area contributed by atoms with Gasteiger partial charge in [-0.2, -0.15) is 0 Å². The molecule has 0 atom stereocenters. The van der Waals surface area contributed by atoms with Gasteiger partial charge in [-0.05, 0) is 18.6 Å². The highest BCUT2D eigenvalue weighted by molar-refractivity contribution is 7.99. The molecular weight excluding hydrogens is 248 g/mol. The summed E-state index contributed by atoms with van der Waals surface area (Å²) in [5, 5.41) is 6.51. The van der Waals surface area contributed by atoms with Gasteiger partial charge >= 0.3 is 0 Å². The fraction of sp³-hybridized carbons (Fsp3) is 0.308. The molecule has 0 radical (unpaired) electrons. The number of rotatable bonds is 6. The Hall–Kier alpha value is -1.00. The first-order valence-corrected chi connectivity index (χ1v) is 7.61. The quantitative estimate of drug-likeness (QED) is 0.632. The number of anilines is 1. The Morgan fingerprint density at radius 1 is 1.29 bits per heavy atom. The Morgan fingerprint density at radius 2 is 2.12 bits per heavy atom. The van der Waals surface area contributed by atoms with Gasteiger partial charge in [0.2, 0.25) is 0 Å². The number of thioether (sulfide) groups is 1. The third-order valence-electron chi connectivity index (χ3n) is 2.30. The Morgan fingerprint density at radius 3 is 2.82 bits per heavy atom. The van der Waals surface area contributed by atoms with Crippen LogP contribution in [0.5, 0.6) is 0 Å². The molecule has 2 rings (SSSR count). The zero-order valence-corrected chi connectivity index (χ0v) is 11.5. The van der Waals surface area contributed by atoms with E-state index in [4.69, 9.17) is 0 Å². The molecule has 1 aromatic carbocycles. The molecular formula is C13H16N2S2. The first-order valence-electron chi connectivity index (χ1n) is 5.74. The van der Waals surface area contributed by atoms with Gasteiger partial charge < -0.3 is 5.32 Å². The molecule has 1 aromatic heterocycles. The molecule has 1 heterocycles. The lowest BCUT2D eigenvalue weighted by Gasteiger charge is -2.02. The molecule has 0 spiro atoms. The van der Waals surface area contributed by atoms with E-state index in [1.807, 2.05) is 17.8 Å². The summed E-state index contributed by atoms with van der Waals surface area (Å²) < 4.78 is 0. The smallest absolute Gasteiger partial charge is 0.182 e. The SMILES string of the molecule is CCc1csc(NCCSc2ccccc2)n1. The van der Waals surface area contributed by atoms with Gasteiger partial charge in [0, 0.05) is 22.6 Å². The van der Waals surface area contributed by atoms with Gasteiger partial charge in [-0.15, -0.1) is 23.1 Å². The molecule has 90 valence electrons. The first-order chi connectivity index (χ1) is 8.38. The van der Waals surface area contributed by atoms with Gasteiger partial charge in [-0.25, -0.2) is 4.98 Å². The zero-order chi connectivity index (χ0) is 11.9. The monoisotopic (exact) mass is 264 g/mol. The lowest BCUT2D eigenvalue weighted by Crippen LogP contribution is -2.03. The first kappa shape index (κ1) is 12.5. The van der Waals surface area contributed by atoms with E-state index in [1.165, 1.54) is 10.6 Å². The van der Waals surface area contributed by atoms with E-state index in [-0.39, 0.29) is 0 Å². The normalized spacial score (nSPS) is 10.4. The highest BCUT2D eigenvalue weighted by Gasteiger charge is 1.99. The van der Waals surface area contributed by atoms with Gasteiger partial charge in [0.1, 0.15) is 0 Å². The van der Waals surface area contributed by atoms with Crippen molar-refractivity contribution in [3.63, 3.8) is 0 Å². The van der Waals surface area contributed by atoms with Crippen molar-refractivity contribution >= 4 is 28.2 Å². The number of aromatic nitrogens is 1. The summed E-state index contributed by atoms with van der Waals surface area (Å²) in [5.41, 5.74) is 1.17. The number of hydrogen-bond donors (Lipinski definition) is 1. The predicted molar refractivity (Wildman–Crippen MR) is 77.1 cm³/mol. The molecule has 0 aliphatic heterocycles. The Kier molecular flexibility index (Phi) is 4.88. The third kappa shape index (κ3) is 4.06. The van der Waals surface area contributed by atoms with Crippen LogP contribution < -0.4 is 5.32 Å². The summed E-state index contributed by atoms with van der Waals surface area (Å²) in [6.45, 7) is 3.08. The van der Waals surface area contributed by atoms with Gasteiger partial charge in [0.15, 0.2) is 5.13 Å². The van der Waals surface area contributed by atoms with Crippen molar-refractivity contribution in [2.45, 2.75) is 18.2 Å². The predicted octanol–water partition coefficient (Wildman–Crippen LogP) is 3.91. The van der Waals surface area contributed by atoms with Gasteiger partial charge in [0.25, 0.3) is 0 Å². The summed E-state index contributed by atoms with van der Waals surface area (Å²) in [6.07, 6.45) is 1.01. The second-order valence-corrected chi connectivity index (χ2v) is 5.61. The average molecular weight is 264 g/mol. The second-order valence-electron chi connectivity index (χ2n) is 3.59. The van der Waals surface area contributed by atoms with Crippen LogP contribution in [-0.4, -0.2) is 17.3 Å². The number of nitrogens with zero attached hydrogens (tertiary/aromatic N) is 1. The van der Waals surface area contributed by atoms with E-state index in [0.717, 1.165) is 23.8 Å². The number of benzene rings is 1. The standard InChI is InChI=1S/C13H16N2S2/c1-2-11-10-17-13(15-11)14-8-9-16-12-6-4-3-5-7-12/h3-7,10H,2,8-9H2,1H3,(H,14,15). The van der Waals surface area contributed by atoms with Crippen LogP contribution in [0.3, 0.4) is 0 Å². The van der Waals surface area contributed by atoms with E-state index < -0.39 is 0 Å². The summed E-state index contributed by atoms with van der Waals surface area (Å²) >= 11 is 3.56. The maximum absolute atomic E-state index is 4.47. The van der Waals surface area contributed by atoms with E-state index in [1.54, 1.807) is 11.3 Å². The molecule has 4 heteroatoms. The molecule has 0 saturated carbocycles. The third-order valence-corrected chi connectivity index (χ3v) is 4.17. The summed E-state index contributed by atoms with van der Waals surface area (Å²) in [6, 6.07) is 10.5. The molecule has 0 aliphatic rings. The average Bonchev–Trinajstić information content (AvgIpc) is 2.84. The van der Waals surface area contributed by atoms with E-state index in [9.17, 15) is 0 Å². The highest BCUT2D eigenvalue weighted by Crippen LogP contribution is 2.18. The molecule has 0 aliphatic carbocycles. The van der Waals surface area contributed by atoms with E-state index >= 15 is 0 Å². The molecule has 2 aromatic rings. The number of thiazole rings is 1. The fourth-order valence-electron chi connectivity index (χ4n) is 1.39. The lowest BCUT2D eigenvalue weighted by molar-refractivity contribution is 1.06. The van der Waals surface area contributed by atoms with Crippen molar-refractivity contribution in [3.05, 3.63) is 41.4 Å². The maximum atomic E-state index is 4.47. The van der Waals surface area contributed by atoms with Crippen LogP contribution in [0.2, 0.25) is 0 Å².